The van der Waals surface area contributed by atoms with E-state index in [1.165, 1.54) is 10.4 Å². The van der Waals surface area contributed by atoms with Gasteiger partial charge in [0.05, 0.1) is 10.2 Å². The first-order valence-corrected chi connectivity index (χ1v) is 12.5. The summed E-state index contributed by atoms with van der Waals surface area (Å²) in [6.07, 6.45) is 0.865. The number of amides is 1. The van der Waals surface area contributed by atoms with Gasteiger partial charge in [-0.3, -0.25) is 4.79 Å². The molecule has 2 aromatic heterocycles. The van der Waals surface area contributed by atoms with E-state index in [1.54, 1.807) is 46.9 Å². The van der Waals surface area contributed by atoms with Crippen LogP contribution in [0.15, 0.2) is 48.5 Å². The average Bonchev–Trinajstić information content (AvgIpc) is 3.28. The molecular weight excluding hydrogens is 458 g/mol. The zero-order valence-corrected chi connectivity index (χ0v) is 20.8. The molecule has 0 radical (unpaired) electrons. The lowest BCUT2D eigenvalue weighted by molar-refractivity contribution is 0.102. The van der Waals surface area contributed by atoms with Crippen molar-refractivity contribution in [2.45, 2.75) is 45.2 Å². The van der Waals surface area contributed by atoms with Gasteiger partial charge in [-0.15, -0.1) is 22.7 Å². The second kappa shape index (κ2) is 7.66. The first-order valence-electron chi connectivity index (χ1n) is 10.5. The maximum atomic E-state index is 13.1. The topological polar surface area (TPSA) is 54.0 Å². The molecule has 0 saturated carbocycles. The van der Waals surface area contributed by atoms with Gasteiger partial charge in [-0.2, -0.15) is 0 Å². The lowest BCUT2D eigenvalue weighted by atomic mass is 9.81. The van der Waals surface area contributed by atoms with Crippen LogP contribution in [0.1, 0.15) is 48.5 Å². The molecular formula is C25H24ClN3OS2. The summed E-state index contributed by atoms with van der Waals surface area (Å²) in [7, 11) is 0. The highest BCUT2D eigenvalue weighted by atomic mass is 35.5. The zero-order chi connectivity index (χ0) is 22.7. The molecule has 164 valence electrons. The maximum Gasteiger partial charge on any atom is 0.256 e. The molecule has 3 heterocycles. The smallest absolute Gasteiger partial charge is 0.256 e. The van der Waals surface area contributed by atoms with Gasteiger partial charge in [-0.25, -0.2) is 4.98 Å². The molecule has 5 rings (SSSR count). The third-order valence-corrected chi connectivity index (χ3v) is 8.46. The van der Waals surface area contributed by atoms with Gasteiger partial charge >= 0.3 is 0 Å². The number of rotatable bonds is 3. The van der Waals surface area contributed by atoms with Crippen molar-refractivity contribution in [1.29, 1.82) is 0 Å². The summed E-state index contributed by atoms with van der Waals surface area (Å²) >= 11 is 9.32. The molecule has 0 spiro atoms. The summed E-state index contributed by atoms with van der Waals surface area (Å²) in [4.78, 5) is 19.3. The Kier molecular flexibility index (Phi) is 5.17. The number of hydrogen-bond donors (Lipinski definition) is 2. The minimum absolute atomic E-state index is 0.0690. The van der Waals surface area contributed by atoms with Crippen LogP contribution in [0.25, 0.3) is 20.8 Å². The number of carbonyl (C=O) groups excluding carboxylic acids is 1. The predicted octanol–water partition coefficient (Wildman–Crippen LogP) is 7.09. The van der Waals surface area contributed by atoms with Crippen LogP contribution < -0.4 is 10.6 Å². The molecule has 7 heteroatoms. The zero-order valence-electron chi connectivity index (χ0n) is 18.4. The van der Waals surface area contributed by atoms with Crippen molar-refractivity contribution in [2.75, 3.05) is 5.32 Å². The number of aromatic nitrogens is 1. The van der Waals surface area contributed by atoms with Crippen LogP contribution in [-0.4, -0.2) is 16.4 Å². The number of anilines is 1. The maximum absolute atomic E-state index is 13.1. The van der Waals surface area contributed by atoms with Crippen LogP contribution in [0.5, 0.6) is 0 Å². The lowest BCUT2D eigenvalue weighted by Crippen LogP contribution is -2.54. The number of para-hydroxylation sites is 1. The van der Waals surface area contributed by atoms with Crippen molar-refractivity contribution >= 4 is 55.4 Å². The van der Waals surface area contributed by atoms with Gasteiger partial charge < -0.3 is 10.6 Å². The summed E-state index contributed by atoms with van der Waals surface area (Å²) in [6, 6.07) is 15.1. The minimum Gasteiger partial charge on any atom is -0.313 e. The van der Waals surface area contributed by atoms with Gasteiger partial charge in [0.2, 0.25) is 0 Å². The fourth-order valence-electron chi connectivity index (χ4n) is 4.60. The largest absolute Gasteiger partial charge is 0.313 e. The van der Waals surface area contributed by atoms with Crippen LogP contribution in [0, 0.1) is 0 Å². The number of nitrogens with one attached hydrogen (secondary N) is 2. The predicted molar refractivity (Wildman–Crippen MR) is 136 cm³/mol. The fourth-order valence-corrected chi connectivity index (χ4v) is 7.11. The molecule has 0 fully saturated rings. The number of nitrogens with zero attached hydrogens (tertiary/aromatic N) is 1. The van der Waals surface area contributed by atoms with E-state index < -0.39 is 0 Å². The molecule has 32 heavy (non-hydrogen) atoms. The van der Waals surface area contributed by atoms with Crippen LogP contribution >= 0.6 is 34.3 Å². The van der Waals surface area contributed by atoms with E-state index in [0.29, 0.717) is 10.6 Å². The molecule has 0 aliphatic carbocycles. The van der Waals surface area contributed by atoms with Gasteiger partial charge in [0.1, 0.15) is 10.0 Å². The fraction of sp³-hybridized carbons (Fsp3) is 0.280. The molecule has 4 nitrogen and oxygen atoms in total. The highest BCUT2D eigenvalue weighted by Crippen LogP contribution is 2.50. The van der Waals surface area contributed by atoms with Crippen molar-refractivity contribution in [3.05, 3.63) is 69.6 Å². The molecule has 1 aliphatic heterocycles. The Morgan fingerprint density at radius 3 is 2.50 bits per heavy atom. The van der Waals surface area contributed by atoms with Gasteiger partial charge in [0.15, 0.2) is 0 Å². The number of thiophene rings is 1. The Labute approximate surface area is 200 Å². The first kappa shape index (κ1) is 21.6. The average molecular weight is 482 g/mol. The molecule has 0 saturated heterocycles. The first-order chi connectivity index (χ1) is 15.1. The number of halogens is 1. The van der Waals surface area contributed by atoms with Crippen LogP contribution in [-0.2, 0) is 12.0 Å². The van der Waals surface area contributed by atoms with Crippen molar-refractivity contribution in [1.82, 2.24) is 10.3 Å². The number of fused-ring (bicyclic) bond motifs is 2. The molecule has 2 N–H and O–H groups in total. The van der Waals surface area contributed by atoms with Gasteiger partial charge in [0, 0.05) is 32.1 Å². The van der Waals surface area contributed by atoms with Crippen LogP contribution in [0.2, 0.25) is 5.02 Å². The van der Waals surface area contributed by atoms with Gasteiger partial charge in [-0.1, -0.05) is 23.7 Å². The summed E-state index contributed by atoms with van der Waals surface area (Å²) in [6.45, 7) is 8.86. The molecule has 0 unspecified atom stereocenters. The Balaban J connectivity index is 1.67. The van der Waals surface area contributed by atoms with E-state index in [0.717, 1.165) is 32.2 Å². The summed E-state index contributed by atoms with van der Waals surface area (Å²) in [5.41, 5.74) is 3.60. The third kappa shape index (κ3) is 3.86. The van der Waals surface area contributed by atoms with E-state index >= 15 is 0 Å². The van der Waals surface area contributed by atoms with Crippen molar-refractivity contribution < 1.29 is 4.79 Å². The second-order valence-electron chi connectivity index (χ2n) is 9.37. The Hall–Kier alpha value is -2.25. The van der Waals surface area contributed by atoms with Gasteiger partial charge in [-0.05, 0) is 76.1 Å². The van der Waals surface area contributed by atoms with Crippen molar-refractivity contribution in [3.8, 4) is 10.6 Å². The normalized spacial score (nSPS) is 16.7. The second-order valence-corrected chi connectivity index (χ2v) is 11.9. The quantitative estimate of drug-likeness (QED) is 0.328. The van der Waals surface area contributed by atoms with Crippen molar-refractivity contribution in [3.63, 3.8) is 0 Å². The highest BCUT2D eigenvalue weighted by molar-refractivity contribution is 7.23. The molecule has 1 amide bonds. The number of benzene rings is 2. The minimum atomic E-state index is -0.212. The third-order valence-electron chi connectivity index (χ3n) is 5.69. The summed E-state index contributed by atoms with van der Waals surface area (Å²) in [5, 5.41) is 9.36. The standard InChI is InChI=1S/C25H24ClN3OS2/c1-24(2)13-16-19(22-27-17-7-5-6-8-18(17)31-22)23(32-20(16)25(3,4)29-24)28-21(30)14-9-11-15(26)12-10-14/h5-12,29H,13H2,1-4H3,(H,28,30). The molecule has 0 bridgehead atoms. The molecule has 2 aromatic carbocycles. The Morgan fingerprint density at radius 1 is 1.06 bits per heavy atom. The monoisotopic (exact) mass is 481 g/mol. The van der Waals surface area contributed by atoms with Crippen LogP contribution in [0.3, 0.4) is 0 Å². The van der Waals surface area contributed by atoms with E-state index in [1.807, 2.05) is 18.2 Å². The lowest BCUT2D eigenvalue weighted by Gasteiger charge is -2.42. The number of hydrogen-bond acceptors (Lipinski definition) is 5. The molecule has 0 atom stereocenters. The van der Waals surface area contributed by atoms with E-state index in [-0.39, 0.29) is 17.0 Å². The van der Waals surface area contributed by atoms with E-state index in [9.17, 15) is 4.79 Å². The Morgan fingerprint density at radius 2 is 1.78 bits per heavy atom. The Bertz CT molecular complexity index is 1300. The summed E-state index contributed by atoms with van der Waals surface area (Å²) in [5.74, 6) is -0.146. The molecule has 1 aliphatic rings. The van der Waals surface area contributed by atoms with Gasteiger partial charge in [0.25, 0.3) is 5.91 Å². The number of thiazole rings is 1. The van der Waals surface area contributed by atoms with E-state index in [4.69, 9.17) is 16.6 Å². The summed E-state index contributed by atoms with van der Waals surface area (Å²) < 4.78 is 1.14. The SMILES string of the molecule is CC1(C)Cc2c(sc(NC(=O)c3ccc(Cl)cc3)c2-c2nc3ccccc3s2)C(C)(C)N1. The molecule has 4 aromatic rings. The van der Waals surface area contributed by atoms with Crippen molar-refractivity contribution in [2.24, 2.45) is 0 Å². The highest BCUT2D eigenvalue weighted by Gasteiger charge is 2.41. The number of carbonyl (C=O) groups is 1. The van der Waals surface area contributed by atoms with Crippen LogP contribution in [0.4, 0.5) is 5.00 Å². The van der Waals surface area contributed by atoms with E-state index in [2.05, 4.69) is 44.4 Å².